The molecule has 0 spiro atoms. The van der Waals surface area contributed by atoms with E-state index in [1.807, 2.05) is 0 Å². The first-order valence-electron chi connectivity index (χ1n) is 21.2. The lowest BCUT2D eigenvalue weighted by Gasteiger charge is -2.50. The molecule has 1 amide bonds. The van der Waals surface area contributed by atoms with Gasteiger partial charge in [0, 0.05) is 62.3 Å². The summed E-state index contributed by atoms with van der Waals surface area (Å²) in [5, 5.41) is 14.2. The topological polar surface area (TPSA) is 315 Å². The highest BCUT2D eigenvalue weighted by Gasteiger charge is 2.59. The third-order valence-corrected chi connectivity index (χ3v) is 9.91. The van der Waals surface area contributed by atoms with Crippen molar-refractivity contribution >= 4 is 53.7 Å². The van der Waals surface area contributed by atoms with Crippen LogP contribution in [0.3, 0.4) is 0 Å². The van der Waals surface area contributed by atoms with Gasteiger partial charge < -0.3 is 76.7 Å². The minimum Gasteiger partial charge on any atom is -0.463 e. The van der Waals surface area contributed by atoms with Crippen LogP contribution < -0.4 is 5.32 Å². The van der Waals surface area contributed by atoms with Crippen LogP contribution in [0.5, 0.6) is 0 Å². The van der Waals surface area contributed by atoms with Gasteiger partial charge in [-0.2, -0.15) is 0 Å². The molecule has 25 heteroatoms. The minimum atomic E-state index is -1.98. The molecular weight excluding hydrogens is 914 g/mol. The van der Waals surface area contributed by atoms with E-state index >= 15 is 0 Å². The first-order valence-corrected chi connectivity index (χ1v) is 21.2. The molecule has 1 aromatic carbocycles. The Morgan fingerprint density at radius 2 is 0.853 bits per heavy atom. The molecule has 15 atom stereocenters. The molecular formula is C43H57NO24. The van der Waals surface area contributed by atoms with Crippen LogP contribution in [0.1, 0.15) is 67.9 Å². The molecule has 3 aliphatic heterocycles. The zero-order valence-corrected chi connectivity index (χ0v) is 38.7. The summed E-state index contributed by atoms with van der Waals surface area (Å²) < 4.78 is 81.4. The standard InChI is InChI=1S/C43H57NO24/c1-19(45)44-32-36(68-43-40(63-27(9)53)38(61-25(7)51)35(59-23(5)49)31(66-43)18-57-21(3)47)33(29(64-41(32)54)16-55-15-28-13-11-10-12-14-28)67-42-39(62-26(8)52)37(60-24(6)50)34(58-22(4)48)30(65-42)17-56-20(2)46/h10-14,29-43,54H,15-18H2,1-9H3,(H,44,45)/t29-,30-,31-,32-,33-,34-,35+,36-,37+,38+,39-,40-,41-,42+,43+/m1/s1. The molecule has 0 saturated carbocycles. The van der Waals surface area contributed by atoms with Gasteiger partial charge in [0.2, 0.25) is 5.91 Å². The fourth-order valence-electron chi connectivity index (χ4n) is 7.54. The second-order valence-electron chi connectivity index (χ2n) is 15.6. The second kappa shape index (κ2) is 25.5. The van der Waals surface area contributed by atoms with Crippen LogP contribution in [0.25, 0.3) is 0 Å². The molecule has 2 N–H and O–H groups in total. The molecule has 3 aliphatic rings. The first-order chi connectivity index (χ1) is 32.0. The molecule has 3 saturated heterocycles. The van der Waals surface area contributed by atoms with E-state index in [-0.39, 0.29) is 6.61 Å². The van der Waals surface area contributed by atoms with Crippen molar-refractivity contribution in [3.8, 4) is 0 Å². The highest BCUT2D eigenvalue weighted by Crippen LogP contribution is 2.37. The summed E-state index contributed by atoms with van der Waals surface area (Å²) in [5.74, 6) is -8.11. The van der Waals surface area contributed by atoms with Crippen molar-refractivity contribution in [2.45, 2.75) is 161 Å². The van der Waals surface area contributed by atoms with Gasteiger partial charge in [-0.3, -0.25) is 43.2 Å². The van der Waals surface area contributed by atoms with Gasteiger partial charge in [-0.05, 0) is 5.56 Å². The monoisotopic (exact) mass is 971 g/mol. The summed E-state index contributed by atoms with van der Waals surface area (Å²) in [5.41, 5.74) is 0.697. The van der Waals surface area contributed by atoms with E-state index in [4.69, 9.17) is 66.3 Å². The molecule has 3 fully saturated rings. The lowest BCUT2D eigenvalue weighted by molar-refractivity contribution is -0.373. The van der Waals surface area contributed by atoms with Crippen molar-refractivity contribution in [3.05, 3.63) is 35.9 Å². The maximum absolute atomic E-state index is 12.9. The van der Waals surface area contributed by atoms with E-state index in [1.54, 1.807) is 30.3 Å². The van der Waals surface area contributed by atoms with Crippen LogP contribution >= 0.6 is 0 Å². The Balaban J connectivity index is 1.95. The number of hydrogen-bond donors (Lipinski definition) is 2. The summed E-state index contributed by atoms with van der Waals surface area (Å²) in [6.07, 6.45) is -24.3. The van der Waals surface area contributed by atoms with E-state index in [0.717, 1.165) is 62.3 Å². The molecule has 0 aliphatic carbocycles. The molecule has 0 bridgehead atoms. The third-order valence-electron chi connectivity index (χ3n) is 9.91. The van der Waals surface area contributed by atoms with Crippen molar-refractivity contribution < 1.29 is 115 Å². The Morgan fingerprint density at radius 1 is 0.471 bits per heavy atom. The Morgan fingerprint density at radius 3 is 1.25 bits per heavy atom. The SMILES string of the molecule is CC(=O)N[C@@H]1[C@@H](O[C@@H]2O[C@H](COC(C)=O)[C@H](OC(C)=O)[C@H](OC(C)=O)[C@H]2OC(C)=O)[C@H](O[C@@H]2O[C@H](COC(C)=O)[C@@H](OC(C)=O)[C@H](OC(C)=O)[C@H]2OC(C)=O)[C@@H](COCc2ccccc2)O[C@H]1O. The van der Waals surface area contributed by atoms with Gasteiger partial charge in [0.15, 0.2) is 55.5 Å². The number of amides is 1. The zero-order chi connectivity index (χ0) is 50.4. The molecule has 0 radical (unpaired) electrons. The molecule has 0 unspecified atom stereocenters. The maximum Gasteiger partial charge on any atom is 0.303 e. The largest absolute Gasteiger partial charge is 0.463 e. The van der Waals surface area contributed by atoms with Crippen molar-refractivity contribution in [1.29, 1.82) is 0 Å². The summed E-state index contributed by atoms with van der Waals surface area (Å²) in [4.78, 5) is 113. The number of ether oxygens (including phenoxy) is 14. The summed E-state index contributed by atoms with van der Waals surface area (Å²) in [6.45, 7) is 7.47. The maximum atomic E-state index is 12.9. The summed E-state index contributed by atoms with van der Waals surface area (Å²) >= 11 is 0. The van der Waals surface area contributed by atoms with Gasteiger partial charge >= 0.3 is 47.8 Å². The molecule has 378 valence electrons. The van der Waals surface area contributed by atoms with Crippen LogP contribution in [0.15, 0.2) is 30.3 Å². The number of rotatable bonds is 19. The summed E-state index contributed by atoms with van der Waals surface area (Å²) in [7, 11) is 0. The van der Waals surface area contributed by atoms with E-state index in [1.165, 1.54) is 0 Å². The number of hydrogen-bond acceptors (Lipinski definition) is 24. The predicted octanol–water partition coefficient (Wildman–Crippen LogP) is -0.638. The lowest BCUT2D eigenvalue weighted by Crippen LogP contribution is -2.70. The van der Waals surface area contributed by atoms with Gasteiger partial charge in [-0.25, -0.2) is 0 Å². The van der Waals surface area contributed by atoms with Gasteiger partial charge in [-0.1, -0.05) is 30.3 Å². The number of esters is 8. The van der Waals surface area contributed by atoms with Gasteiger partial charge in [-0.15, -0.1) is 0 Å². The normalized spacial score (nSPS) is 31.1. The van der Waals surface area contributed by atoms with E-state index in [2.05, 4.69) is 5.32 Å². The number of carbonyl (C=O) groups is 9. The smallest absolute Gasteiger partial charge is 0.303 e. The van der Waals surface area contributed by atoms with Crippen LogP contribution in [0, 0.1) is 0 Å². The third kappa shape index (κ3) is 16.2. The fraction of sp³-hybridized carbons (Fsp3) is 0.651. The van der Waals surface area contributed by atoms with Gasteiger partial charge in [0.05, 0.1) is 13.2 Å². The number of aliphatic hydroxyl groups excluding tert-OH is 1. The molecule has 0 aromatic heterocycles. The van der Waals surface area contributed by atoms with E-state index < -0.39 is 166 Å². The predicted molar refractivity (Wildman–Crippen MR) is 218 cm³/mol. The van der Waals surface area contributed by atoms with Crippen LogP contribution in [0.4, 0.5) is 0 Å². The minimum absolute atomic E-state index is 0.0388. The van der Waals surface area contributed by atoms with Gasteiger partial charge in [0.1, 0.15) is 49.8 Å². The van der Waals surface area contributed by atoms with Crippen LogP contribution in [-0.2, 0) is 116 Å². The van der Waals surface area contributed by atoms with Crippen molar-refractivity contribution in [1.82, 2.24) is 5.32 Å². The molecule has 25 nitrogen and oxygen atoms in total. The molecule has 4 rings (SSSR count). The molecule has 1 aromatic rings. The average molecular weight is 972 g/mol. The van der Waals surface area contributed by atoms with Crippen LogP contribution in [-0.4, -0.2) is 171 Å². The number of carbonyl (C=O) groups excluding carboxylic acids is 9. The lowest BCUT2D eigenvalue weighted by atomic mass is 9.94. The Kier molecular flexibility index (Phi) is 20.5. The highest BCUT2D eigenvalue weighted by molar-refractivity contribution is 5.73. The van der Waals surface area contributed by atoms with Crippen molar-refractivity contribution in [2.24, 2.45) is 0 Å². The van der Waals surface area contributed by atoms with Gasteiger partial charge in [0.25, 0.3) is 0 Å². The summed E-state index contributed by atoms with van der Waals surface area (Å²) in [6, 6.07) is 7.12. The average Bonchev–Trinajstić information content (AvgIpc) is 3.22. The first kappa shape index (κ1) is 54.8. The zero-order valence-electron chi connectivity index (χ0n) is 38.7. The number of aliphatic hydroxyl groups is 1. The second-order valence-corrected chi connectivity index (χ2v) is 15.6. The Labute approximate surface area is 389 Å². The Bertz CT molecular complexity index is 1950. The molecule has 3 heterocycles. The quantitative estimate of drug-likeness (QED) is 0.129. The highest BCUT2D eigenvalue weighted by atomic mass is 16.8. The number of benzene rings is 1. The van der Waals surface area contributed by atoms with Crippen molar-refractivity contribution in [2.75, 3.05) is 19.8 Å². The fourth-order valence-corrected chi connectivity index (χ4v) is 7.54. The molecule has 68 heavy (non-hydrogen) atoms. The van der Waals surface area contributed by atoms with Crippen LogP contribution in [0.2, 0.25) is 0 Å². The Hall–Kier alpha value is -5.83. The number of nitrogens with one attached hydrogen (secondary N) is 1. The van der Waals surface area contributed by atoms with Crippen molar-refractivity contribution in [3.63, 3.8) is 0 Å². The van der Waals surface area contributed by atoms with E-state index in [0.29, 0.717) is 5.56 Å². The van der Waals surface area contributed by atoms with E-state index in [9.17, 15) is 48.3 Å².